The van der Waals surface area contributed by atoms with Crippen LogP contribution in [0, 0.1) is 5.92 Å². The molecule has 0 bridgehead atoms. The van der Waals surface area contributed by atoms with E-state index < -0.39 is 0 Å². The summed E-state index contributed by atoms with van der Waals surface area (Å²) in [4.78, 5) is 0. The second-order valence-corrected chi connectivity index (χ2v) is 3.81. The summed E-state index contributed by atoms with van der Waals surface area (Å²) in [6.45, 7) is 9.73. The second-order valence-electron chi connectivity index (χ2n) is 3.81. The van der Waals surface area contributed by atoms with Crippen LogP contribution in [0.5, 0.6) is 0 Å². The van der Waals surface area contributed by atoms with Gasteiger partial charge in [0.15, 0.2) is 0 Å². The summed E-state index contributed by atoms with van der Waals surface area (Å²) in [5, 5.41) is 0. The van der Waals surface area contributed by atoms with Crippen LogP contribution in [0.25, 0.3) is 0 Å². The van der Waals surface area contributed by atoms with Crippen LogP contribution in [0.15, 0.2) is 72.9 Å². The molecule has 0 nitrogen and oxygen atoms in total. The topological polar surface area (TPSA) is 0 Å². The quantitative estimate of drug-likeness (QED) is 0.588. The maximum absolute atomic E-state index is 3.63. The van der Waals surface area contributed by atoms with Crippen LogP contribution < -0.4 is 0 Å². The molecule has 1 aromatic rings. The SMILES string of the molecule is C=C/C=C\C(=C/C)C1CC1.CC.c1ccccc1. The molecule has 0 radical (unpaired) electrons. The van der Waals surface area contributed by atoms with Crippen molar-refractivity contribution in [3.8, 4) is 0 Å². The van der Waals surface area contributed by atoms with E-state index in [-0.39, 0.29) is 0 Å². The van der Waals surface area contributed by atoms with Crippen LogP contribution >= 0.6 is 0 Å². The van der Waals surface area contributed by atoms with Gasteiger partial charge >= 0.3 is 0 Å². The van der Waals surface area contributed by atoms with Crippen molar-refractivity contribution in [1.82, 2.24) is 0 Å². The molecule has 0 amide bonds. The monoisotopic (exact) mass is 242 g/mol. The van der Waals surface area contributed by atoms with E-state index in [4.69, 9.17) is 0 Å². The highest BCUT2D eigenvalue weighted by Crippen LogP contribution is 2.36. The Morgan fingerprint density at radius 1 is 1.00 bits per heavy atom. The molecule has 1 fully saturated rings. The maximum Gasteiger partial charge on any atom is -0.0165 e. The summed E-state index contributed by atoms with van der Waals surface area (Å²) < 4.78 is 0. The van der Waals surface area contributed by atoms with E-state index in [1.807, 2.05) is 62.4 Å². The van der Waals surface area contributed by atoms with Gasteiger partial charge in [0.1, 0.15) is 0 Å². The molecule has 0 spiro atoms. The van der Waals surface area contributed by atoms with Gasteiger partial charge in [-0.15, -0.1) is 0 Å². The standard InChI is InChI=1S/C10H14.C6H6.C2H6/c1-3-5-6-9(4-2)10-7-8-10;1-2-4-6-5-3-1;1-2/h3-6,10H,1,7-8H2,2H3;1-6H;1-2H3/b6-5-,9-4+;;. The third kappa shape index (κ3) is 8.58. The molecule has 2 rings (SSSR count). The lowest BCUT2D eigenvalue weighted by atomic mass is 10.1. The maximum atomic E-state index is 3.63. The van der Waals surface area contributed by atoms with Crippen LogP contribution in [0.4, 0.5) is 0 Å². The molecule has 0 aromatic heterocycles. The fraction of sp³-hybridized carbons (Fsp3) is 0.333. The normalized spacial score (nSPS) is 14.1. The Bertz CT molecular complexity index is 313. The van der Waals surface area contributed by atoms with Gasteiger partial charge in [0.25, 0.3) is 0 Å². The fourth-order valence-corrected chi connectivity index (χ4v) is 1.45. The van der Waals surface area contributed by atoms with E-state index in [1.165, 1.54) is 18.4 Å². The number of allylic oxidation sites excluding steroid dienone is 5. The molecular formula is C18H26. The number of rotatable bonds is 3. The Morgan fingerprint density at radius 2 is 1.44 bits per heavy atom. The molecule has 0 heterocycles. The first-order chi connectivity index (χ1) is 8.88. The van der Waals surface area contributed by atoms with Gasteiger partial charge in [-0.25, -0.2) is 0 Å². The van der Waals surface area contributed by atoms with Gasteiger partial charge in [-0.1, -0.05) is 81.1 Å². The smallest absolute Gasteiger partial charge is 0.0165 e. The average Bonchev–Trinajstić information content (AvgIpc) is 3.29. The van der Waals surface area contributed by atoms with Gasteiger partial charge in [-0.3, -0.25) is 0 Å². The Kier molecular flexibility index (Phi) is 10.9. The first-order valence-electron chi connectivity index (χ1n) is 6.83. The lowest BCUT2D eigenvalue weighted by Crippen LogP contribution is -1.77. The summed E-state index contributed by atoms with van der Waals surface area (Å²) >= 11 is 0. The van der Waals surface area contributed by atoms with E-state index in [0.717, 1.165) is 5.92 Å². The average molecular weight is 242 g/mol. The van der Waals surface area contributed by atoms with Gasteiger partial charge in [-0.2, -0.15) is 0 Å². The van der Waals surface area contributed by atoms with E-state index in [0.29, 0.717) is 0 Å². The molecule has 1 aliphatic carbocycles. The Hall–Kier alpha value is -1.56. The van der Waals surface area contributed by atoms with Crippen molar-refractivity contribution in [3.05, 3.63) is 72.9 Å². The van der Waals surface area contributed by atoms with Crippen molar-refractivity contribution < 1.29 is 0 Å². The van der Waals surface area contributed by atoms with E-state index in [2.05, 4.69) is 25.7 Å². The molecule has 0 aliphatic heterocycles. The summed E-state index contributed by atoms with van der Waals surface area (Å²) in [7, 11) is 0. The van der Waals surface area contributed by atoms with Gasteiger partial charge in [-0.05, 0) is 31.3 Å². The Labute approximate surface area is 113 Å². The zero-order valence-corrected chi connectivity index (χ0v) is 12.0. The zero-order chi connectivity index (χ0) is 13.6. The Morgan fingerprint density at radius 3 is 1.72 bits per heavy atom. The highest BCUT2D eigenvalue weighted by molar-refractivity contribution is 5.26. The van der Waals surface area contributed by atoms with Crippen LogP contribution in [0.1, 0.15) is 33.6 Å². The van der Waals surface area contributed by atoms with Crippen molar-refractivity contribution in [3.63, 3.8) is 0 Å². The number of benzene rings is 1. The molecule has 1 saturated carbocycles. The molecule has 0 N–H and O–H groups in total. The lowest BCUT2D eigenvalue weighted by molar-refractivity contribution is 1.05. The summed E-state index contributed by atoms with van der Waals surface area (Å²) in [6, 6.07) is 12.0. The van der Waals surface area contributed by atoms with Crippen molar-refractivity contribution in [2.24, 2.45) is 5.92 Å². The van der Waals surface area contributed by atoms with E-state index in [9.17, 15) is 0 Å². The van der Waals surface area contributed by atoms with Crippen LogP contribution in [0.3, 0.4) is 0 Å². The van der Waals surface area contributed by atoms with E-state index in [1.54, 1.807) is 0 Å². The van der Waals surface area contributed by atoms with Crippen LogP contribution in [-0.2, 0) is 0 Å². The minimum absolute atomic E-state index is 0.862. The van der Waals surface area contributed by atoms with Gasteiger partial charge in [0.05, 0.1) is 0 Å². The molecule has 18 heavy (non-hydrogen) atoms. The predicted octanol–water partition coefficient (Wildman–Crippen LogP) is 5.80. The highest BCUT2D eigenvalue weighted by Gasteiger charge is 2.23. The number of hydrogen-bond donors (Lipinski definition) is 0. The first kappa shape index (κ1) is 16.4. The summed E-state index contributed by atoms with van der Waals surface area (Å²) in [6.07, 6.45) is 10.9. The molecule has 0 heteroatoms. The number of hydrogen-bond acceptors (Lipinski definition) is 0. The summed E-state index contributed by atoms with van der Waals surface area (Å²) in [5.41, 5.74) is 1.47. The molecule has 1 aromatic carbocycles. The van der Waals surface area contributed by atoms with Crippen molar-refractivity contribution in [2.75, 3.05) is 0 Å². The minimum atomic E-state index is 0.862. The van der Waals surface area contributed by atoms with E-state index >= 15 is 0 Å². The Balaban J connectivity index is 0.000000308. The second kappa shape index (κ2) is 11.9. The molecule has 0 saturated heterocycles. The molecular weight excluding hydrogens is 216 g/mol. The third-order valence-corrected chi connectivity index (χ3v) is 2.47. The van der Waals surface area contributed by atoms with Gasteiger partial charge < -0.3 is 0 Å². The minimum Gasteiger partial charge on any atom is -0.0991 e. The van der Waals surface area contributed by atoms with Gasteiger partial charge in [0, 0.05) is 0 Å². The molecule has 0 unspecified atom stereocenters. The molecule has 98 valence electrons. The summed E-state index contributed by atoms with van der Waals surface area (Å²) in [5.74, 6) is 0.862. The fourth-order valence-electron chi connectivity index (χ4n) is 1.45. The van der Waals surface area contributed by atoms with Gasteiger partial charge in [0.2, 0.25) is 0 Å². The predicted molar refractivity (Wildman–Crippen MR) is 83.6 cm³/mol. The largest absolute Gasteiger partial charge is 0.0991 e. The molecule has 1 aliphatic rings. The molecule has 0 atom stereocenters. The third-order valence-electron chi connectivity index (χ3n) is 2.47. The first-order valence-corrected chi connectivity index (χ1v) is 6.83. The van der Waals surface area contributed by atoms with Crippen molar-refractivity contribution in [1.29, 1.82) is 0 Å². The lowest BCUT2D eigenvalue weighted by Gasteiger charge is -1.93. The zero-order valence-electron chi connectivity index (χ0n) is 12.0. The van der Waals surface area contributed by atoms with Crippen LogP contribution in [0.2, 0.25) is 0 Å². The van der Waals surface area contributed by atoms with Crippen molar-refractivity contribution >= 4 is 0 Å². The highest BCUT2D eigenvalue weighted by atomic mass is 14.3. The van der Waals surface area contributed by atoms with Crippen LogP contribution in [-0.4, -0.2) is 0 Å². The van der Waals surface area contributed by atoms with Crippen molar-refractivity contribution in [2.45, 2.75) is 33.6 Å².